The number of nitrogen functional groups attached to an aromatic ring is 2. The van der Waals surface area contributed by atoms with E-state index >= 15 is 0 Å². The fourth-order valence-electron chi connectivity index (χ4n) is 1.74. The smallest absolute Gasteiger partial charge is 0.319 e. The summed E-state index contributed by atoms with van der Waals surface area (Å²) >= 11 is 0. The topological polar surface area (TPSA) is 265 Å². The molecule has 2 aromatic carbocycles. The van der Waals surface area contributed by atoms with Gasteiger partial charge in [0.15, 0.2) is 0 Å². The Morgan fingerprint density at radius 3 is 1.11 bits per heavy atom. The number of hydrogen-bond acceptors (Lipinski definition) is 12. The minimum Gasteiger partial charge on any atom is -0.501 e. The van der Waals surface area contributed by atoms with Gasteiger partial charge in [0, 0.05) is 12.1 Å². The summed E-state index contributed by atoms with van der Waals surface area (Å²) in [4.78, 5) is 37.6. The Hall–Kier alpha value is -4.76. The molecule has 0 spiro atoms. The molecule has 0 saturated carbocycles. The third-order valence-corrected chi connectivity index (χ3v) is 3.02. The summed E-state index contributed by atoms with van der Waals surface area (Å²) in [6.07, 6.45) is 0. The van der Waals surface area contributed by atoms with Crippen LogP contribution in [-0.2, 0) is 0 Å². The second kappa shape index (κ2) is 8.08. The molecule has 2 rings (SSSR count). The van der Waals surface area contributed by atoms with E-state index in [1.54, 1.807) is 0 Å². The number of phenolic OH excluding ortho intramolecular Hbond substituents is 2. The Kier molecular flexibility index (Phi) is 6.14. The fraction of sp³-hybridized carbons (Fsp3) is 0. The number of nitro benzene ring substituents is 4. The SMILES string of the molecule is Nc1cc([N+](=O)[O-])cc([N+](=O)[O-])c1O.Nc1cc([N+](=O)[O-])cc([N+](=O)[O-])c1O. The number of aromatic hydroxyl groups is 2. The number of rotatable bonds is 4. The molecular formula is C12H10N6O10. The van der Waals surface area contributed by atoms with E-state index in [1.165, 1.54) is 0 Å². The van der Waals surface area contributed by atoms with Gasteiger partial charge in [-0.05, 0) is 0 Å². The van der Waals surface area contributed by atoms with Gasteiger partial charge < -0.3 is 21.7 Å². The van der Waals surface area contributed by atoms with Crippen molar-refractivity contribution in [3.8, 4) is 11.5 Å². The van der Waals surface area contributed by atoms with Gasteiger partial charge in [0.25, 0.3) is 11.4 Å². The first-order valence-corrected chi connectivity index (χ1v) is 6.69. The molecule has 0 bridgehead atoms. The van der Waals surface area contributed by atoms with E-state index in [4.69, 9.17) is 21.7 Å². The van der Waals surface area contributed by atoms with Crippen molar-refractivity contribution in [1.82, 2.24) is 0 Å². The van der Waals surface area contributed by atoms with Crippen molar-refractivity contribution in [3.63, 3.8) is 0 Å². The summed E-state index contributed by atoms with van der Waals surface area (Å²) in [6.45, 7) is 0. The Labute approximate surface area is 152 Å². The summed E-state index contributed by atoms with van der Waals surface area (Å²) in [5.41, 5.74) is 6.85. The van der Waals surface area contributed by atoms with E-state index in [1.807, 2.05) is 0 Å². The molecule has 16 heteroatoms. The van der Waals surface area contributed by atoms with Crippen LogP contribution in [0.5, 0.6) is 11.5 Å². The lowest BCUT2D eigenvalue weighted by Crippen LogP contribution is -1.96. The Morgan fingerprint density at radius 1 is 0.607 bits per heavy atom. The number of hydrogen-bond donors (Lipinski definition) is 4. The number of non-ortho nitro benzene ring substituents is 2. The number of nitrogens with zero attached hydrogens (tertiary/aromatic N) is 4. The molecule has 0 amide bonds. The number of phenols is 2. The third kappa shape index (κ3) is 4.65. The Bertz CT molecular complexity index is 912. The highest BCUT2D eigenvalue weighted by Gasteiger charge is 2.23. The molecule has 148 valence electrons. The zero-order valence-corrected chi connectivity index (χ0v) is 13.4. The van der Waals surface area contributed by atoms with Gasteiger partial charge in [0.1, 0.15) is 0 Å². The second-order valence-corrected chi connectivity index (χ2v) is 4.83. The Balaban J connectivity index is 0.000000280. The maximum absolute atomic E-state index is 10.3. The van der Waals surface area contributed by atoms with E-state index in [0.29, 0.717) is 12.1 Å². The highest BCUT2D eigenvalue weighted by atomic mass is 16.6. The van der Waals surface area contributed by atoms with Crippen LogP contribution in [-0.4, -0.2) is 29.9 Å². The minimum atomic E-state index is -0.946. The molecule has 0 unspecified atom stereocenters. The molecule has 0 aliphatic heterocycles. The van der Waals surface area contributed by atoms with Crippen LogP contribution in [0.25, 0.3) is 0 Å². The van der Waals surface area contributed by atoms with Gasteiger partial charge in [-0.25, -0.2) is 0 Å². The van der Waals surface area contributed by atoms with E-state index in [0.717, 1.165) is 12.1 Å². The maximum Gasteiger partial charge on any atom is 0.319 e. The van der Waals surface area contributed by atoms with Crippen molar-refractivity contribution < 1.29 is 29.9 Å². The molecule has 0 saturated heterocycles. The van der Waals surface area contributed by atoms with Gasteiger partial charge in [-0.15, -0.1) is 0 Å². The van der Waals surface area contributed by atoms with Gasteiger partial charge in [0.2, 0.25) is 11.5 Å². The van der Waals surface area contributed by atoms with E-state index in [-0.39, 0.29) is 0 Å². The summed E-state index contributed by atoms with van der Waals surface area (Å²) in [7, 11) is 0. The van der Waals surface area contributed by atoms with Gasteiger partial charge in [-0.2, -0.15) is 0 Å². The van der Waals surface area contributed by atoms with E-state index in [2.05, 4.69) is 0 Å². The van der Waals surface area contributed by atoms with Gasteiger partial charge in [-0.1, -0.05) is 0 Å². The normalized spacial score (nSPS) is 9.71. The number of nitrogens with two attached hydrogens (primary N) is 2. The van der Waals surface area contributed by atoms with Gasteiger partial charge >= 0.3 is 11.4 Å². The molecule has 0 fully saturated rings. The van der Waals surface area contributed by atoms with Crippen molar-refractivity contribution in [2.24, 2.45) is 0 Å². The quantitative estimate of drug-likeness (QED) is 0.247. The lowest BCUT2D eigenvalue weighted by atomic mass is 10.2. The Morgan fingerprint density at radius 2 is 0.893 bits per heavy atom. The molecule has 0 aromatic heterocycles. The summed E-state index contributed by atoms with van der Waals surface area (Å²) in [5, 5.41) is 59.4. The summed E-state index contributed by atoms with van der Waals surface area (Å²) < 4.78 is 0. The molecule has 2 aromatic rings. The van der Waals surface area contributed by atoms with Crippen molar-refractivity contribution in [2.75, 3.05) is 11.5 Å². The number of anilines is 2. The molecule has 28 heavy (non-hydrogen) atoms. The molecule has 0 heterocycles. The lowest BCUT2D eigenvalue weighted by molar-refractivity contribution is -0.394. The highest BCUT2D eigenvalue weighted by molar-refractivity contribution is 5.68. The molecule has 0 radical (unpaired) electrons. The molecule has 16 nitrogen and oxygen atoms in total. The average Bonchev–Trinajstić information content (AvgIpc) is 2.59. The lowest BCUT2D eigenvalue weighted by Gasteiger charge is -1.99. The van der Waals surface area contributed by atoms with Crippen molar-refractivity contribution in [1.29, 1.82) is 0 Å². The summed E-state index contributed by atoms with van der Waals surface area (Å²) in [6, 6.07) is 2.99. The standard InChI is InChI=1S/2C6H5N3O5/c2*7-4-1-3(8(11)12)2-5(6(4)10)9(13)14/h2*1-2,10H,7H2. The zero-order chi connectivity index (χ0) is 21.8. The first-order valence-electron chi connectivity index (χ1n) is 6.69. The number of benzene rings is 2. The largest absolute Gasteiger partial charge is 0.501 e. The first kappa shape index (κ1) is 21.3. The summed E-state index contributed by atoms with van der Waals surface area (Å²) in [5.74, 6) is -1.53. The average molecular weight is 398 g/mol. The van der Waals surface area contributed by atoms with Crippen LogP contribution in [0.4, 0.5) is 34.1 Å². The van der Waals surface area contributed by atoms with Crippen LogP contribution in [0.2, 0.25) is 0 Å². The van der Waals surface area contributed by atoms with Crippen molar-refractivity contribution in [3.05, 3.63) is 64.7 Å². The molecule has 0 aliphatic rings. The maximum atomic E-state index is 10.3. The van der Waals surface area contributed by atoms with Crippen LogP contribution in [0.3, 0.4) is 0 Å². The predicted octanol–water partition coefficient (Wildman–Crippen LogP) is 1.58. The third-order valence-electron chi connectivity index (χ3n) is 3.02. The van der Waals surface area contributed by atoms with Crippen LogP contribution < -0.4 is 11.5 Å². The van der Waals surface area contributed by atoms with Crippen LogP contribution >= 0.6 is 0 Å². The van der Waals surface area contributed by atoms with Crippen LogP contribution in [0.1, 0.15) is 0 Å². The van der Waals surface area contributed by atoms with Crippen LogP contribution in [0, 0.1) is 40.5 Å². The van der Waals surface area contributed by atoms with E-state index < -0.39 is 65.3 Å². The molecule has 0 aliphatic carbocycles. The van der Waals surface area contributed by atoms with Crippen molar-refractivity contribution >= 4 is 34.1 Å². The zero-order valence-electron chi connectivity index (χ0n) is 13.4. The first-order chi connectivity index (χ1) is 12.9. The monoisotopic (exact) mass is 398 g/mol. The van der Waals surface area contributed by atoms with Crippen LogP contribution in [0.15, 0.2) is 24.3 Å². The number of nitro groups is 4. The second-order valence-electron chi connectivity index (χ2n) is 4.83. The van der Waals surface area contributed by atoms with Crippen molar-refractivity contribution in [2.45, 2.75) is 0 Å². The minimum absolute atomic E-state index is 0.397. The molecule has 0 atom stereocenters. The molecule has 6 N–H and O–H groups in total. The van der Waals surface area contributed by atoms with Gasteiger partial charge in [-0.3, -0.25) is 40.5 Å². The molecular weight excluding hydrogens is 388 g/mol. The predicted molar refractivity (Wildman–Crippen MR) is 91.7 cm³/mol. The highest BCUT2D eigenvalue weighted by Crippen LogP contribution is 2.36. The van der Waals surface area contributed by atoms with E-state index in [9.17, 15) is 40.5 Å². The fourth-order valence-corrected chi connectivity index (χ4v) is 1.74. The van der Waals surface area contributed by atoms with Gasteiger partial charge in [0.05, 0.1) is 43.2 Å².